The molecule has 0 spiro atoms. The number of rotatable bonds is 8. The summed E-state index contributed by atoms with van der Waals surface area (Å²) in [6.45, 7) is 0. The lowest BCUT2D eigenvalue weighted by atomic mass is 9.96. The van der Waals surface area contributed by atoms with Crippen LogP contribution in [0.2, 0.25) is 0 Å². The summed E-state index contributed by atoms with van der Waals surface area (Å²) in [5.41, 5.74) is 13.1. The molecule has 0 aliphatic rings. The zero-order valence-electron chi connectivity index (χ0n) is 30.1. The predicted octanol–water partition coefficient (Wildman–Crippen LogP) is 15.0. The first-order valence-electron chi connectivity index (χ1n) is 18.7. The van der Waals surface area contributed by atoms with Crippen molar-refractivity contribution in [3.8, 4) is 22.3 Å². The molecule has 9 aromatic carbocycles. The third-order valence-electron chi connectivity index (χ3n) is 10.5. The van der Waals surface area contributed by atoms with E-state index in [-0.39, 0.29) is 0 Å². The maximum absolute atomic E-state index is 6.31. The van der Waals surface area contributed by atoms with Gasteiger partial charge in [-0.3, -0.25) is 0 Å². The molecule has 0 aliphatic carbocycles. The van der Waals surface area contributed by atoms with Crippen molar-refractivity contribution in [3.05, 3.63) is 218 Å². The van der Waals surface area contributed by atoms with Crippen LogP contribution in [-0.2, 0) is 0 Å². The van der Waals surface area contributed by atoms with Crippen LogP contribution in [-0.4, -0.2) is 0 Å². The summed E-state index contributed by atoms with van der Waals surface area (Å²) in [5, 5.41) is 4.63. The van der Waals surface area contributed by atoms with Crippen LogP contribution in [0.4, 0.5) is 34.1 Å². The average molecular weight is 705 g/mol. The second-order valence-corrected chi connectivity index (χ2v) is 13.8. The van der Waals surface area contributed by atoms with Crippen molar-refractivity contribution in [3.63, 3.8) is 0 Å². The normalized spacial score (nSPS) is 11.3. The molecule has 10 aromatic rings. The first-order valence-corrected chi connectivity index (χ1v) is 18.7. The standard InChI is InChI=1S/C52H36N2O/c1-4-14-37(15-5-1)38-24-28-43(29-25-38)54(41-18-8-3-9-19-41)50-35-34-45(46-20-10-11-21-47(46)50)39-26-30-42(31-27-39)53(40-16-6-2-7-17-40)44-32-33-49-48-22-12-13-23-51(48)55-52(49)36-44/h1-36H. The maximum atomic E-state index is 6.31. The fourth-order valence-corrected chi connectivity index (χ4v) is 7.84. The molecule has 0 N–H and O–H groups in total. The van der Waals surface area contributed by atoms with Crippen molar-refractivity contribution < 1.29 is 4.42 Å². The highest BCUT2D eigenvalue weighted by Crippen LogP contribution is 2.44. The molecule has 1 aromatic heterocycles. The number of hydrogen-bond acceptors (Lipinski definition) is 3. The Hall–Kier alpha value is -7.36. The number of para-hydroxylation sites is 3. The summed E-state index contributed by atoms with van der Waals surface area (Å²) in [7, 11) is 0. The van der Waals surface area contributed by atoms with Gasteiger partial charge in [0.1, 0.15) is 11.2 Å². The SMILES string of the molecule is c1ccc(-c2ccc(N(c3ccccc3)c3ccc(-c4ccc(N(c5ccccc5)c5ccc6c(c5)oc5ccccc56)cc4)c4ccccc34)cc2)cc1. The Labute approximate surface area is 320 Å². The Balaban J connectivity index is 1.04. The molecule has 0 aliphatic heterocycles. The monoisotopic (exact) mass is 704 g/mol. The topological polar surface area (TPSA) is 19.6 Å². The van der Waals surface area contributed by atoms with Crippen molar-refractivity contribution in [1.82, 2.24) is 0 Å². The van der Waals surface area contributed by atoms with Gasteiger partial charge in [-0.1, -0.05) is 140 Å². The molecule has 3 nitrogen and oxygen atoms in total. The van der Waals surface area contributed by atoms with Crippen molar-refractivity contribution in [1.29, 1.82) is 0 Å². The Morgan fingerprint density at radius 3 is 1.44 bits per heavy atom. The fourth-order valence-electron chi connectivity index (χ4n) is 7.84. The summed E-state index contributed by atoms with van der Waals surface area (Å²) in [6, 6.07) is 77.5. The first-order chi connectivity index (χ1) is 27.3. The quantitative estimate of drug-likeness (QED) is 0.157. The molecular weight excluding hydrogens is 669 g/mol. The van der Waals surface area contributed by atoms with Gasteiger partial charge >= 0.3 is 0 Å². The summed E-state index contributed by atoms with van der Waals surface area (Å²) in [5.74, 6) is 0. The minimum atomic E-state index is 0.875. The summed E-state index contributed by atoms with van der Waals surface area (Å²) < 4.78 is 6.31. The lowest BCUT2D eigenvalue weighted by Gasteiger charge is -2.28. The van der Waals surface area contributed by atoms with Crippen LogP contribution in [0.25, 0.3) is 55.0 Å². The summed E-state index contributed by atoms with van der Waals surface area (Å²) >= 11 is 0. The van der Waals surface area contributed by atoms with Gasteiger partial charge in [0.2, 0.25) is 0 Å². The van der Waals surface area contributed by atoms with Gasteiger partial charge < -0.3 is 14.2 Å². The van der Waals surface area contributed by atoms with Gasteiger partial charge in [0.15, 0.2) is 0 Å². The van der Waals surface area contributed by atoms with Crippen LogP contribution >= 0.6 is 0 Å². The highest BCUT2D eigenvalue weighted by molar-refractivity contribution is 6.07. The zero-order valence-corrected chi connectivity index (χ0v) is 30.1. The minimum Gasteiger partial charge on any atom is -0.456 e. The largest absolute Gasteiger partial charge is 0.456 e. The van der Waals surface area contributed by atoms with E-state index in [0.717, 1.165) is 61.6 Å². The van der Waals surface area contributed by atoms with E-state index in [4.69, 9.17) is 4.42 Å². The number of hydrogen-bond donors (Lipinski definition) is 0. The number of furan rings is 1. The molecule has 55 heavy (non-hydrogen) atoms. The zero-order chi connectivity index (χ0) is 36.6. The van der Waals surface area contributed by atoms with Crippen LogP contribution in [0, 0.1) is 0 Å². The minimum absolute atomic E-state index is 0.875. The Bertz CT molecular complexity index is 2900. The molecule has 10 rings (SSSR count). The van der Waals surface area contributed by atoms with Crippen LogP contribution in [0.3, 0.4) is 0 Å². The van der Waals surface area contributed by atoms with E-state index in [0.29, 0.717) is 0 Å². The number of nitrogens with zero attached hydrogens (tertiary/aromatic N) is 2. The van der Waals surface area contributed by atoms with Crippen molar-refractivity contribution in [2.75, 3.05) is 9.80 Å². The molecule has 0 bridgehead atoms. The van der Waals surface area contributed by atoms with Gasteiger partial charge in [-0.15, -0.1) is 0 Å². The van der Waals surface area contributed by atoms with Crippen molar-refractivity contribution in [2.24, 2.45) is 0 Å². The van der Waals surface area contributed by atoms with Gasteiger partial charge in [-0.05, 0) is 100 Å². The second-order valence-electron chi connectivity index (χ2n) is 13.8. The maximum Gasteiger partial charge on any atom is 0.137 e. The molecule has 0 unspecified atom stereocenters. The molecule has 0 saturated heterocycles. The van der Waals surface area contributed by atoms with Crippen molar-refractivity contribution >= 4 is 66.8 Å². The first kappa shape index (κ1) is 32.3. The lowest BCUT2D eigenvalue weighted by molar-refractivity contribution is 0.669. The number of fused-ring (bicyclic) bond motifs is 4. The second kappa shape index (κ2) is 13.9. The van der Waals surface area contributed by atoms with Crippen LogP contribution in [0.15, 0.2) is 223 Å². The van der Waals surface area contributed by atoms with E-state index in [1.807, 2.05) is 12.1 Å². The molecule has 0 saturated carbocycles. The molecule has 1 heterocycles. The highest BCUT2D eigenvalue weighted by Gasteiger charge is 2.19. The van der Waals surface area contributed by atoms with E-state index in [9.17, 15) is 0 Å². The van der Waals surface area contributed by atoms with E-state index in [1.54, 1.807) is 0 Å². The lowest BCUT2D eigenvalue weighted by Crippen LogP contribution is -2.10. The molecular formula is C52H36N2O. The molecule has 0 atom stereocenters. The van der Waals surface area contributed by atoms with Crippen LogP contribution < -0.4 is 9.80 Å². The number of benzene rings is 9. The predicted molar refractivity (Wildman–Crippen MR) is 231 cm³/mol. The van der Waals surface area contributed by atoms with E-state index >= 15 is 0 Å². The third-order valence-corrected chi connectivity index (χ3v) is 10.5. The van der Waals surface area contributed by atoms with Gasteiger partial charge in [0, 0.05) is 50.7 Å². The van der Waals surface area contributed by atoms with Crippen molar-refractivity contribution in [2.45, 2.75) is 0 Å². The molecule has 0 amide bonds. The summed E-state index contributed by atoms with van der Waals surface area (Å²) in [6.07, 6.45) is 0. The highest BCUT2D eigenvalue weighted by atomic mass is 16.3. The number of anilines is 6. The van der Waals surface area contributed by atoms with Gasteiger partial charge in [0.05, 0.1) is 5.69 Å². The van der Waals surface area contributed by atoms with Crippen LogP contribution in [0.1, 0.15) is 0 Å². The summed E-state index contributed by atoms with van der Waals surface area (Å²) in [4.78, 5) is 4.65. The van der Waals surface area contributed by atoms with Crippen LogP contribution in [0.5, 0.6) is 0 Å². The Morgan fingerprint density at radius 2 is 0.745 bits per heavy atom. The Kier molecular flexibility index (Phi) is 8.16. The van der Waals surface area contributed by atoms with Gasteiger partial charge in [0.25, 0.3) is 0 Å². The van der Waals surface area contributed by atoms with E-state index < -0.39 is 0 Å². The van der Waals surface area contributed by atoms with Gasteiger partial charge in [-0.25, -0.2) is 0 Å². The smallest absolute Gasteiger partial charge is 0.137 e. The third kappa shape index (κ3) is 5.98. The molecule has 0 fully saturated rings. The average Bonchev–Trinajstić information content (AvgIpc) is 3.64. The fraction of sp³-hybridized carbons (Fsp3) is 0. The Morgan fingerprint density at radius 1 is 0.273 bits per heavy atom. The molecule has 3 heteroatoms. The van der Waals surface area contributed by atoms with Gasteiger partial charge in [-0.2, -0.15) is 0 Å². The molecule has 0 radical (unpaired) electrons. The van der Waals surface area contributed by atoms with E-state index in [1.165, 1.54) is 27.5 Å². The molecule has 260 valence electrons. The van der Waals surface area contributed by atoms with E-state index in [2.05, 4.69) is 216 Å².